The molecular formula is C12H15FO. The summed E-state index contributed by atoms with van der Waals surface area (Å²) in [7, 11) is 0. The first-order valence-corrected chi connectivity index (χ1v) is 4.76. The summed E-state index contributed by atoms with van der Waals surface area (Å²) in [6, 6.07) is 4.70. The van der Waals surface area contributed by atoms with Gasteiger partial charge in [-0.3, -0.25) is 4.79 Å². The Hall–Kier alpha value is -1.18. The first-order chi connectivity index (χ1) is 6.50. The number of carbonyl (C=O) groups is 1. The normalized spacial score (nSPS) is 12.6. The highest BCUT2D eigenvalue weighted by Gasteiger charge is 2.10. The number of Topliss-reactive ketones (excluding diaryl/α,β-unsaturated/α-hetero) is 1. The van der Waals surface area contributed by atoms with Gasteiger partial charge in [0.2, 0.25) is 0 Å². The summed E-state index contributed by atoms with van der Waals surface area (Å²) >= 11 is 0. The Morgan fingerprint density at radius 3 is 2.64 bits per heavy atom. The molecule has 0 N–H and O–H groups in total. The molecule has 1 unspecified atom stereocenters. The number of aryl methyl sites for hydroxylation is 1. The van der Waals surface area contributed by atoms with Crippen molar-refractivity contribution in [3.8, 4) is 0 Å². The van der Waals surface area contributed by atoms with Crippen molar-refractivity contribution < 1.29 is 9.18 Å². The lowest BCUT2D eigenvalue weighted by molar-refractivity contribution is -0.120. The van der Waals surface area contributed by atoms with Crippen molar-refractivity contribution in [2.75, 3.05) is 0 Å². The van der Waals surface area contributed by atoms with Crippen molar-refractivity contribution in [1.82, 2.24) is 0 Å². The second-order valence-corrected chi connectivity index (χ2v) is 3.79. The van der Waals surface area contributed by atoms with Crippen LogP contribution < -0.4 is 0 Å². The van der Waals surface area contributed by atoms with E-state index in [2.05, 4.69) is 0 Å². The lowest BCUT2D eigenvalue weighted by Gasteiger charge is -2.09. The smallest absolute Gasteiger partial charge is 0.132 e. The SMILES string of the molecule is CC(=O)C(C)Cc1ccc(F)cc1C. The van der Waals surface area contributed by atoms with Gasteiger partial charge in [-0.2, -0.15) is 0 Å². The van der Waals surface area contributed by atoms with Crippen molar-refractivity contribution in [3.05, 3.63) is 35.1 Å². The van der Waals surface area contributed by atoms with E-state index in [-0.39, 0.29) is 17.5 Å². The fourth-order valence-electron chi connectivity index (χ4n) is 1.36. The Bertz CT molecular complexity index is 344. The molecule has 2 heteroatoms. The average molecular weight is 194 g/mol. The van der Waals surface area contributed by atoms with Crippen LogP contribution in [0.1, 0.15) is 25.0 Å². The third kappa shape index (κ3) is 2.66. The van der Waals surface area contributed by atoms with E-state index >= 15 is 0 Å². The molecule has 14 heavy (non-hydrogen) atoms. The Morgan fingerprint density at radius 1 is 1.50 bits per heavy atom. The zero-order valence-corrected chi connectivity index (χ0v) is 8.80. The topological polar surface area (TPSA) is 17.1 Å². The van der Waals surface area contributed by atoms with Crippen LogP contribution >= 0.6 is 0 Å². The van der Waals surface area contributed by atoms with Gasteiger partial charge in [-0.05, 0) is 43.5 Å². The summed E-state index contributed by atoms with van der Waals surface area (Å²) in [6.07, 6.45) is 0.696. The molecule has 1 aromatic rings. The van der Waals surface area contributed by atoms with Crippen molar-refractivity contribution in [2.24, 2.45) is 5.92 Å². The summed E-state index contributed by atoms with van der Waals surface area (Å²) in [4.78, 5) is 11.1. The number of rotatable bonds is 3. The fourth-order valence-corrected chi connectivity index (χ4v) is 1.36. The highest BCUT2D eigenvalue weighted by Crippen LogP contribution is 2.15. The van der Waals surface area contributed by atoms with E-state index in [4.69, 9.17) is 0 Å². The summed E-state index contributed by atoms with van der Waals surface area (Å²) in [5.74, 6) is -0.0328. The minimum Gasteiger partial charge on any atom is -0.300 e. The van der Waals surface area contributed by atoms with Gasteiger partial charge in [0.05, 0.1) is 0 Å². The van der Waals surface area contributed by atoms with Gasteiger partial charge in [0, 0.05) is 5.92 Å². The standard InChI is InChI=1S/C12H15FO/c1-8(10(3)14)6-11-4-5-12(13)7-9(11)2/h4-5,7-8H,6H2,1-3H3. The third-order valence-corrected chi connectivity index (χ3v) is 2.52. The van der Waals surface area contributed by atoms with Crippen molar-refractivity contribution in [1.29, 1.82) is 0 Å². The number of ketones is 1. The second-order valence-electron chi connectivity index (χ2n) is 3.79. The molecule has 0 spiro atoms. The number of hydrogen-bond donors (Lipinski definition) is 0. The zero-order chi connectivity index (χ0) is 10.7. The van der Waals surface area contributed by atoms with Gasteiger partial charge in [-0.25, -0.2) is 4.39 Å². The van der Waals surface area contributed by atoms with Gasteiger partial charge >= 0.3 is 0 Å². The molecule has 76 valence electrons. The average Bonchev–Trinajstić information content (AvgIpc) is 2.09. The monoisotopic (exact) mass is 194 g/mol. The molecule has 0 aliphatic carbocycles. The molecule has 0 fully saturated rings. The van der Waals surface area contributed by atoms with E-state index in [0.29, 0.717) is 6.42 Å². The van der Waals surface area contributed by atoms with Crippen LogP contribution in [0, 0.1) is 18.7 Å². The Morgan fingerprint density at radius 2 is 2.14 bits per heavy atom. The van der Waals surface area contributed by atoms with Crippen LogP contribution in [0.2, 0.25) is 0 Å². The van der Waals surface area contributed by atoms with Crippen molar-refractivity contribution in [3.63, 3.8) is 0 Å². The third-order valence-electron chi connectivity index (χ3n) is 2.52. The number of carbonyl (C=O) groups excluding carboxylic acids is 1. The molecule has 0 heterocycles. The maximum absolute atomic E-state index is 12.8. The highest BCUT2D eigenvalue weighted by atomic mass is 19.1. The predicted octanol–water partition coefficient (Wildman–Crippen LogP) is 2.90. The largest absolute Gasteiger partial charge is 0.300 e. The second kappa shape index (κ2) is 4.36. The van der Waals surface area contributed by atoms with Crippen LogP contribution in [0.25, 0.3) is 0 Å². The zero-order valence-electron chi connectivity index (χ0n) is 8.80. The molecule has 0 saturated carbocycles. The van der Waals surface area contributed by atoms with Gasteiger partial charge in [0.15, 0.2) is 0 Å². The van der Waals surface area contributed by atoms with Crippen molar-refractivity contribution in [2.45, 2.75) is 27.2 Å². The van der Waals surface area contributed by atoms with Gasteiger partial charge in [0.25, 0.3) is 0 Å². The van der Waals surface area contributed by atoms with Gasteiger partial charge < -0.3 is 0 Å². The van der Waals surface area contributed by atoms with Gasteiger partial charge in [0.1, 0.15) is 11.6 Å². The van der Waals surface area contributed by atoms with E-state index in [1.807, 2.05) is 13.8 Å². The van der Waals surface area contributed by atoms with Gasteiger partial charge in [-0.1, -0.05) is 13.0 Å². The van der Waals surface area contributed by atoms with Gasteiger partial charge in [-0.15, -0.1) is 0 Å². The van der Waals surface area contributed by atoms with Crippen LogP contribution in [-0.4, -0.2) is 5.78 Å². The summed E-state index contributed by atoms with van der Waals surface area (Å²) < 4.78 is 12.8. The summed E-state index contributed by atoms with van der Waals surface area (Å²) in [5.41, 5.74) is 1.97. The van der Waals surface area contributed by atoms with Crippen LogP contribution in [0.3, 0.4) is 0 Å². The molecule has 0 aliphatic rings. The van der Waals surface area contributed by atoms with Crippen LogP contribution in [0.5, 0.6) is 0 Å². The molecule has 1 rings (SSSR count). The minimum atomic E-state index is -0.221. The quantitative estimate of drug-likeness (QED) is 0.723. The highest BCUT2D eigenvalue weighted by molar-refractivity contribution is 5.78. The Balaban J connectivity index is 2.82. The molecule has 1 nitrogen and oxygen atoms in total. The fraction of sp³-hybridized carbons (Fsp3) is 0.417. The summed E-state index contributed by atoms with van der Waals surface area (Å²) in [5, 5.41) is 0. The van der Waals surface area contributed by atoms with E-state index in [1.165, 1.54) is 12.1 Å². The Kier molecular flexibility index (Phi) is 3.39. The molecule has 1 atom stereocenters. The lowest BCUT2D eigenvalue weighted by atomic mass is 9.95. The predicted molar refractivity (Wildman–Crippen MR) is 54.7 cm³/mol. The molecule has 1 aromatic carbocycles. The number of halogens is 1. The van der Waals surface area contributed by atoms with Crippen LogP contribution in [0.15, 0.2) is 18.2 Å². The van der Waals surface area contributed by atoms with Crippen molar-refractivity contribution >= 4 is 5.78 Å². The van der Waals surface area contributed by atoms with Crippen LogP contribution in [-0.2, 0) is 11.2 Å². The molecule has 0 bridgehead atoms. The molecule has 0 radical (unpaired) electrons. The van der Waals surface area contributed by atoms with E-state index in [9.17, 15) is 9.18 Å². The minimum absolute atomic E-state index is 0.0131. The maximum atomic E-state index is 12.8. The first kappa shape index (κ1) is 10.9. The maximum Gasteiger partial charge on any atom is 0.132 e. The van der Waals surface area contributed by atoms with E-state index in [0.717, 1.165) is 11.1 Å². The van der Waals surface area contributed by atoms with E-state index in [1.54, 1.807) is 13.0 Å². The molecule has 0 amide bonds. The molecular weight excluding hydrogens is 179 g/mol. The summed E-state index contributed by atoms with van der Waals surface area (Å²) in [6.45, 7) is 5.35. The van der Waals surface area contributed by atoms with Crippen LogP contribution in [0.4, 0.5) is 4.39 Å². The Labute approximate surface area is 83.9 Å². The molecule has 0 saturated heterocycles. The first-order valence-electron chi connectivity index (χ1n) is 4.76. The lowest BCUT2D eigenvalue weighted by Crippen LogP contribution is -2.10. The number of benzene rings is 1. The molecule has 0 aromatic heterocycles. The number of hydrogen-bond acceptors (Lipinski definition) is 1. The molecule has 0 aliphatic heterocycles. The van der Waals surface area contributed by atoms with E-state index < -0.39 is 0 Å².